The van der Waals surface area contributed by atoms with E-state index < -0.39 is 11.4 Å². The van der Waals surface area contributed by atoms with Crippen molar-refractivity contribution in [2.24, 2.45) is 0 Å². The van der Waals surface area contributed by atoms with E-state index in [1.165, 1.54) is 13.2 Å². The van der Waals surface area contributed by atoms with Crippen LogP contribution < -0.4 is 20.1 Å². The van der Waals surface area contributed by atoms with E-state index in [1.54, 1.807) is 35.5 Å². The molecule has 3 aromatic rings. The van der Waals surface area contributed by atoms with Crippen LogP contribution in [0.2, 0.25) is 0 Å². The van der Waals surface area contributed by atoms with Gasteiger partial charge in [-0.15, -0.1) is 0 Å². The molecule has 212 valence electrons. The van der Waals surface area contributed by atoms with E-state index in [0.29, 0.717) is 53.5 Å². The molecule has 5 rings (SSSR count). The van der Waals surface area contributed by atoms with Gasteiger partial charge >= 0.3 is 6.09 Å². The molecule has 2 amide bonds. The van der Waals surface area contributed by atoms with Gasteiger partial charge in [0.05, 0.1) is 42.0 Å². The summed E-state index contributed by atoms with van der Waals surface area (Å²) in [5.74, 6) is -0.264. The first-order chi connectivity index (χ1) is 19.1. The van der Waals surface area contributed by atoms with Crippen LogP contribution in [0.25, 0.3) is 11.3 Å². The SMILES string of the molecule is COc1c(F)cccc1Nc1c(-c2ccncc2O[C@@H](C)[C@H]2CCN2C(=O)OC(C)(C)C)[nH]c2c1C(=O)NCC2. The molecule has 3 N–H and O–H groups in total. The number of ether oxygens (including phenoxy) is 3. The number of benzene rings is 1. The monoisotopic (exact) mass is 551 g/mol. The first kappa shape index (κ1) is 27.3. The lowest BCUT2D eigenvalue weighted by atomic mass is 9.98. The maximum absolute atomic E-state index is 14.5. The van der Waals surface area contributed by atoms with E-state index in [4.69, 9.17) is 14.2 Å². The summed E-state index contributed by atoms with van der Waals surface area (Å²) in [5, 5.41) is 6.12. The van der Waals surface area contributed by atoms with Crippen LogP contribution in [0.5, 0.6) is 11.5 Å². The van der Waals surface area contributed by atoms with Gasteiger partial charge in [-0.2, -0.15) is 0 Å². The number of amides is 2. The predicted molar refractivity (Wildman–Crippen MR) is 148 cm³/mol. The number of aromatic nitrogens is 2. The Morgan fingerprint density at radius 3 is 2.77 bits per heavy atom. The number of nitrogens with one attached hydrogen (secondary N) is 3. The number of H-pyrrole nitrogens is 1. The van der Waals surface area contributed by atoms with Crippen molar-refractivity contribution in [1.82, 2.24) is 20.2 Å². The summed E-state index contributed by atoms with van der Waals surface area (Å²) in [7, 11) is 1.39. The summed E-state index contributed by atoms with van der Waals surface area (Å²) in [6.45, 7) is 8.50. The highest BCUT2D eigenvalue weighted by atomic mass is 19.1. The number of fused-ring (bicyclic) bond motifs is 1. The summed E-state index contributed by atoms with van der Waals surface area (Å²) in [5.41, 5.74) is 2.70. The maximum Gasteiger partial charge on any atom is 0.410 e. The first-order valence-corrected chi connectivity index (χ1v) is 13.3. The number of anilines is 2. The number of carbonyl (C=O) groups excluding carboxylic acids is 2. The Bertz CT molecular complexity index is 1430. The van der Waals surface area contributed by atoms with Gasteiger partial charge in [0.15, 0.2) is 11.6 Å². The van der Waals surface area contributed by atoms with Crippen molar-refractivity contribution in [1.29, 1.82) is 0 Å². The first-order valence-electron chi connectivity index (χ1n) is 13.3. The average molecular weight is 552 g/mol. The van der Waals surface area contributed by atoms with Crippen LogP contribution in [0.15, 0.2) is 36.7 Å². The van der Waals surface area contributed by atoms with E-state index in [9.17, 15) is 14.0 Å². The second-order valence-corrected chi connectivity index (χ2v) is 10.9. The van der Waals surface area contributed by atoms with Crippen molar-refractivity contribution < 1.29 is 28.2 Å². The van der Waals surface area contributed by atoms with E-state index >= 15 is 0 Å². The molecule has 1 aromatic carbocycles. The van der Waals surface area contributed by atoms with Gasteiger partial charge in [-0.1, -0.05) is 6.07 Å². The van der Waals surface area contributed by atoms with Crippen LogP contribution in [0.3, 0.4) is 0 Å². The number of pyridine rings is 1. The molecule has 0 spiro atoms. The molecule has 0 radical (unpaired) electrons. The number of methoxy groups -OCH3 is 1. The zero-order valence-corrected chi connectivity index (χ0v) is 23.3. The molecule has 0 saturated carbocycles. The third-order valence-electron chi connectivity index (χ3n) is 7.00. The fourth-order valence-electron chi connectivity index (χ4n) is 5.06. The number of aromatic amines is 1. The number of hydrogen-bond acceptors (Lipinski definition) is 7. The molecular formula is C29H34FN5O5. The van der Waals surface area contributed by atoms with E-state index in [0.717, 1.165) is 12.1 Å². The van der Waals surface area contributed by atoms with Gasteiger partial charge in [0.2, 0.25) is 0 Å². The molecule has 2 aliphatic heterocycles. The number of carbonyl (C=O) groups is 2. The normalized spacial score (nSPS) is 17.3. The van der Waals surface area contributed by atoms with Crippen molar-refractivity contribution in [2.75, 3.05) is 25.5 Å². The Hall–Kier alpha value is -4.28. The maximum atomic E-state index is 14.5. The van der Waals surface area contributed by atoms with Crippen molar-refractivity contribution in [2.45, 2.75) is 58.3 Å². The van der Waals surface area contributed by atoms with Gasteiger partial charge in [-0.3, -0.25) is 9.78 Å². The molecule has 1 fully saturated rings. The molecule has 0 unspecified atom stereocenters. The summed E-state index contributed by atoms with van der Waals surface area (Å²) in [6, 6.07) is 6.18. The molecule has 2 aliphatic rings. The molecule has 2 aromatic heterocycles. The third-order valence-corrected chi connectivity index (χ3v) is 7.00. The van der Waals surface area contributed by atoms with Crippen molar-refractivity contribution in [3.8, 4) is 22.8 Å². The zero-order valence-electron chi connectivity index (χ0n) is 23.3. The molecular weight excluding hydrogens is 517 g/mol. The van der Waals surface area contributed by atoms with E-state index in [1.807, 2.05) is 27.7 Å². The fraction of sp³-hybridized carbons (Fsp3) is 0.414. The Balaban J connectivity index is 1.49. The second kappa shape index (κ2) is 10.7. The summed E-state index contributed by atoms with van der Waals surface area (Å²) in [4.78, 5) is 35.0. The largest absolute Gasteiger partial charge is 0.492 e. The quantitative estimate of drug-likeness (QED) is 0.377. The van der Waals surface area contributed by atoms with Crippen LogP contribution in [0, 0.1) is 5.82 Å². The number of halogens is 1. The lowest BCUT2D eigenvalue weighted by Gasteiger charge is -2.44. The highest BCUT2D eigenvalue weighted by molar-refractivity contribution is 6.06. The Labute approximate surface area is 232 Å². The van der Waals surface area contributed by atoms with Crippen LogP contribution in [0.1, 0.15) is 50.2 Å². The average Bonchev–Trinajstić information content (AvgIpc) is 3.22. The summed E-state index contributed by atoms with van der Waals surface area (Å²) >= 11 is 0. The molecule has 40 heavy (non-hydrogen) atoms. The molecule has 0 aliphatic carbocycles. The standard InChI is InChI=1S/C29H34FN5O5/c1-16(21-11-14-35(21)28(37)40-29(2,3)4)39-22-15-31-12-9-17(22)24-25(23-19(33-24)10-13-32-27(23)36)34-20-8-6-7-18(30)26(20)38-5/h6-9,12,15-16,21,33-34H,10-11,13-14H2,1-5H3,(H,32,36)/t16-,21+/m0/s1. The van der Waals surface area contributed by atoms with Crippen molar-refractivity contribution in [3.63, 3.8) is 0 Å². The number of nitrogens with zero attached hydrogens (tertiary/aromatic N) is 2. The van der Waals surface area contributed by atoms with Crippen molar-refractivity contribution >= 4 is 23.4 Å². The van der Waals surface area contributed by atoms with Gasteiger partial charge in [0.1, 0.15) is 17.5 Å². The second-order valence-electron chi connectivity index (χ2n) is 10.9. The molecule has 0 bridgehead atoms. The molecule has 10 nitrogen and oxygen atoms in total. The Morgan fingerprint density at radius 1 is 1.27 bits per heavy atom. The van der Waals surface area contributed by atoms with Crippen LogP contribution in [-0.4, -0.2) is 64.8 Å². The Kier molecular flexibility index (Phi) is 7.31. The lowest BCUT2D eigenvalue weighted by Crippen LogP contribution is -2.58. The fourth-order valence-corrected chi connectivity index (χ4v) is 5.06. The van der Waals surface area contributed by atoms with Gasteiger partial charge in [0.25, 0.3) is 5.91 Å². The van der Waals surface area contributed by atoms with Gasteiger partial charge in [-0.25, -0.2) is 9.18 Å². The minimum absolute atomic E-state index is 0.0339. The minimum Gasteiger partial charge on any atom is -0.492 e. The van der Waals surface area contributed by atoms with Crippen molar-refractivity contribution in [3.05, 3.63) is 53.7 Å². The van der Waals surface area contributed by atoms with Gasteiger partial charge in [0, 0.05) is 37.0 Å². The zero-order chi connectivity index (χ0) is 28.6. The molecule has 4 heterocycles. The predicted octanol–water partition coefficient (Wildman–Crippen LogP) is 5.03. The number of hydrogen-bond donors (Lipinski definition) is 3. The molecule has 2 atom stereocenters. The van der Waals surface area contributed by atoms with Gasteiger partial charge in [-0.05, 0) is 52.3 Å². The molecule has 11 heteroatoms. The third kappa shape index (κ3) is 5.28. The number of rotatable bonds is 7. The number of para-hydroxylation sites is 1. The Morgan fingerprint density at radius 2 is 2.08 bits per heavy atom. The van der Waals surface area contributed by atoms with Gasteiger partial charge < -0.3 is 34.7 Å². The minimum atomic E-state index is -0.593. The van der Waals surface area contributed by atoms with Crippen LogP contribution in [0.4, 0.5) is 20.6 Å². The highest BCUT2D eigenvalue weighted by Gasteiger charge is 2.40. The van der Waals surface area contributed by atoms with Crippen LogP contribution >= 0.6 is 0 Å². The molecule has 1 saturated heterocycles. The summed E-state index contributed by atoms with van der Waals surface area (Å²) < 4.78 is 31.7. The summed E-state index contributed by atoms with van der Waals surface area (Å²) in [6.07, 6.45) is 3.88. The topological polar surface area (TPSA) is 118 Å². The highest BCUT2D eigenvalue weighted by Crippen LogP contribution is 2.42. The smallest absolute Gasteiger partial charge is 0.410 e. The van der Waals surface area contributed by atoms with E-state index in [-0.39, 0.29) is 29.9 Å². The van der Waals surface area contributed by atoms with Crippen LogP contribution in [-0.2, 0) is 11.2 Å². The lowest BCUT2D eigenvalue weighted by molar-refractivity contribution is -0.0300. The number of likely N-dealkylation sites (tertiary alicyclic amines) is 1. The van der Waals surface area contributed by atoms with E-state index in [2.05, 4.69) is 20.6 Å².